The third kappa shape index (κ3) is 4.03. The zero-order valence-corrected chi connectivity index (χ0v) is 16.9. The number of amides is 1. The Morgan fingerprint density at radius 2 is 2.03 bits per heavy atom. The van der Waals surface area contributed by atoms with Gasteiger partial charge >= 0.3 is 11.9 Å². The van der Waals surface area contributed by atoms with Crippen molar-refractivity contribution in [3.05, 3.63) is 51.5 Å². The van der Waals surface area contributed by atoms with Gasteiger partial charge in [0.15, 0.2) is 5.69 Å². The quantitative estimate of drug-likeness (QED) is 0.698. The number of fused-ring (bicyclic) bond motifs is 1. The molecule has 2 aliphatic rings. The Balaban J connectivity index is 1.33. The van der Waals surface area contributed by atoms with Crippen molar-refractivity contribution in [3.8, 4) is 0 Å². The molecule has 2 aliphatic heterocycles. The Hall–Kier alpha value is -2.74. The smallest absolute Gasteiger partial charge is 0.357 e. The van der Waals surface area contributed by atoms with Gasteiger partial charge in [-0.05, 0) is 25.8 Å². The van der Waals surface area contributed by atoms with Gasteiger partial charge in [0, 0.05) is 30.0 Å². The minimum Gasteiger partial charge on any atom is -0.461 e. The summed E-state index contributed by atoms with van der Waals surface area (Å²) in [5.41, 5.74) is 1.69. The number of piperidine rings is 1. The zero-order chi connectivity index (χ0) is 20.4. The largest absolute Gasteiger partial charge is 0.461 e. The Bertz CT molecular complexity index is 933. The first-order valence-electron chi connectivity index (χ1n) is 9.77. The van der Waals surface area contributed by atoms with E-state index in [2.05, 4.69) is 4.98 Å². The predicted molar refractivity (Wildman–Crippen MR) is 106 cm³/mol. The Morgan fingerprint density at radius 1 is 1.28 bits per heavy atom. The molecule has 1 aromatic heterocycles. The van der Waals surface area contributed by atoms with E-state index in [4.69, 9.17) is 9.47 Å². The molecule has 152 valence electrons. The summed E-state index contributed by atoms with van der Waals surface area (Å²) in [7, 11) is 0. The number of aromatic nitrogens is 1. The summed E-state index contributed by atoms with van der Waals surface area (Å²) in [4.78, 5) is 42.7. The molecule has 1 fully saturated rings. The molecule has 1 unspecified atom stereocenters. The van der Waals surface area contributed by atoms with E-state index in [0.717, 1.165) is 23.4 Å². The number of benzene rings is 1. The summed E-state index contributed by atoms with van der Waals surface area (Å²) < 4.78 is 10.4. The van der Waals surface area contributed by atoms with Crippen molar-refractivity contribution >= 4 is 29.2 Å². The molecule has 1 amide bonds. The molecule has 0 spiro atoms. The van der Waals surface area contributed by atoms with Crippen molar-refractivity contribution in [2.24, 2.45) is 0 Å². The molecule has 1 saturated heterocycles. The van der Waals surface area contributed by atoms with E-state index in [1.165, 1.54) is 11.3 Å². The second kappa shape index (κ2) is 8.32. The van der Waals surface area contributed by atoms with Crippen molar-refractivity contribution < 1.29 is 23.9 Å². The van der Waals surface area contributed by atoms with E-state index in [-0.39, 0.29) is 24.2 Å². The fourth-order valence-corrected chi connectivity index (χ4v) is 4.77. The van der Waals surface area contributed by atoms with Crippen LogP contribution in [0.2, 0.25) is 0 Å². The predicted octanol–water partition coefficient (Wildman–Crippen LogP) is 3.33. The lowest BCUT2D eigenvalue weighted by atomic mass is 9.96. The van der Waals surface area contributed by atoms with Crippen LogP contribution in [0.25, 0.3) is 0 Å². The van der Waals surface area contributed by atoms with Gasteiger partial charge in [0.05, 0.1) is 23.6 Å². The van der Waals surface area contributed by atoms with Gasteiger partial charge in [-0.1, -0.05) is 18.2 Å². The lowest BCUT2D eigenvalue weighted by Gasteiger charge is -2.31. The first-order valence-corrected chi connectivity index (χ1v) is 10.6. The van der Waals surface area contributed by atoms with E-state index in [9.17, 15) is 14.4 Å². The van der Waals surface area contributed by atoms with Gasteiger partial charge in [-0.2, -0.15) is 0 Å². The summed E-state index contributed by atoms with van der Waals surface area (Å²) in [6.07, 6.45) is 1.25. The Labute approximate surface area is 172 Å². The van der Waals surface area contributed by atoms with E-state index in [0.29, 0.717) is 31.0 Å². The summed E-state index contributed by atoms with van der Waals surface area (Å²) in [5, 5.41) is 2.65. The second-order valence-electron chi connectivity index (χ2n) is 7.13. The Kier molecular flexibility index (Phi) is 5.62. The number of hydrogen-bond donors (Lipinski definition) is 0. The molecule has 0 aliphatic carbocycles. The molecule has 3 heterocycles. The molecular formula is C21H22N2O5S. The molecule has 4 rings (SSSR count). The van der Waals surface area contributed by atoms with Crippen LogP contribution >= 0.6 is 11.3 Å². The van der Waals surface area contributed by atoms with Gasteiger partial charge < -0.3 is 14.4 Å². The van der Waals surface area contributed by atoms with Crippen LogP contribution in [0, 0.1) is 0 Å². The van der Waals surface area contributed by atoms with Crippen LogP contribution in [0.3, 0.4) is 0 Å². The highest BCUT2D eigenvalue weighted by atomic mass is 32.1. The Morgan fingerprint density at radius 3 is 2.79 bits per heavy atom. The molecule has 0 saturated carbocycles. The summed E-state index contributed by atoms with van der Waals surface area (Å²) in [6, 6.07) is 7.21. The maximum Gasteiger partial charge on any atom is 0.357 e. The van der Waals surface area contributed by atoms with E-state index >= 15 is 0 Å². The number of carbonyl (C=O) groups is 3. The molecule has 29 heavy (non-hydrogen) atoms. The number of thiazole rings is 1. The van der Waals surface area contributed by atoms with Gasteiger partial charge in [0.25, 0.3) is 0 Å². The summed E-state index contributed by atoms with van der Waals surface area (Å²) in [6.45, 7) is 3.34. The number of rotatable bonds is 5. The van der Waals surface area contributed by atoms with Crippen LogP contribution < -0.4 is 0 Å². The van der Waals surface area contributed by atoms with Crippen LogP contribution in [0.15, 0.2) is 29.6 Å². The first-order chi connectivity index (χ1) is 14.1. The molecule has 1 atom stereocenters. The fourth-order valence-electron chi connectivity index (χ4n) is 3.81. The lowest BCUT2D eigenvalue weighted by molar-refractivity contribution is -0.134. The number of esters is 2. The van der Waals surface area contributed by atoms with Crippen LogP contribution in [0.5, 0.6) is 0 Å². The standard InChI is InChI=1S/C21H22N2O5S/c1-2-27-21(26)16-12-29-19(22-16)13-7-9-23(10-8-13)18(24)11-17-14-5-3-4-6-15(14)20(25)28-17/h3-6,12-13,17H,2,7-11H2,1H3. The minimum atomic E-state index is -0.505. The van der Waals surface area contributed by atoms with Crippen LogP contribution in [-0.2, 0) is 14.3 Å². The molecule has 8 heteroatoms. The highest BCUT2D eigenvalue weighted by Gasteiger charge is 2.34. The van der Waals surface area contributed by atoms with Crippen LogP contribution in [0.4, 0.5) is 0 Å². The van der Waals surface area contributed by atoms with Crippen molar-refractivity contribution in [2.75, 3.05) is 19.7 Å². The van der Waals surface area contributed by atoms with Crippen LogP contribution in [0.1, 0.15) is 69.6 Å². The fraction of sp³-hybridized carbons (Fsp3) is 0.429. The SMILES string of the molecule is CCOC(=O)c1csc(C2CCN(C(=O)CC3OC(=O)c4ccccc43)CC2)n1. The lowest BCUT2D eigenvalue weighted by Crippen LogP contribution is -2.38. The maximum atomic E-state index is 12.7. The third-order valence-electron chi connectivity index (χ3n) is 5.34. The van der Waals surface area contributed by atoms with Crippen molar-refractivity contribution in [1.82, 2.24) is 9.88 Å². The number of cyclic esters (lactones) is 1. The van der Waals surface area contributed by atoms with Crippen LogP contribution in [-0.4, -0.2) is 47.4 Å². The number of likely N-dealkylation sites (tertiary alicyclic amines) is 1. The van der Waals surface area contributed by atoms with Gasteiger partial charge in [-0.3, -0.25) is 4.79 Å². The molecular weight excluding hydrogens is 392 g/mol. The van der Waals surface area contributed by atoms with E-state index in [1.807, 2.05) is 17.0 Å². The van der Waals surface area contributed by atoms with E-state index in [1.54, 1.807) is 24.4 Å². The molecule has 0 bridgehead atoms. The van der Waals surface area contributed by atoms with Gasteiger partial charge in [0.1, 0.15) is 6.10 Å². The highest BCUT2D eigenvalue weighted by Crippen LogP contribution is 2.35. The molecule has 7 nitrogen and oxygen atoms in total. The van der Waals surface area contributed by atoms with E-state index < -0.39 is 12.1 Å². The molecule has 1 aromatic carbocycles. The minimum absolute atomic E-state index is 0.00990. The highest BCUT2D eigenvalue weighted by molar-refractivity contribution is 7.09. The average Bonchev–Trinajstić information content (AvgIpc) is 3.34. The first kappa shape index (κ1) is 19.6. The second-order valence-corrected chi connectivity index (χ2v) is 8.02. The molecule has 0 radical (unpaired) electrons. The zero-order valence-electron chi connectivity index (χ0n) is 16.1. The molecule has 0 N–H and O–H groups in total. The third-order valence-corrected chi connectivity index (χ3v) is 6.35. The normalized spacial score (nSPS) is 19.0. The topological polar surface area (TPSA) is 85.8 Å². The summed E-state index contributed by atoms with van der Waals surface area (Å²) >= 11 is 1.47. The van der Waals surface area contributed by atoms with Crippen molar-refractivity contribution in [3.63, 3.8) is 0 Å². The average molecular weight is 414 g/mol. The number of nitrogens with zero attached hydrogens (tertiary/aromatic N) is 2. The van der Waals surface area contributed by atoms with Gasteiger partial charge in [-0.25, -0.2) is 14.6 Å². The number of ether oxygens (including phenoxy) is 2. The summed E-state index contributed by atoms with van der Waals surface area (Å²) in [5.74, 6) is -0.533. The maximum absolute atomic E-state index is 12.7. The van der Waals surface area contributed by atoms with Crippen molar-refractivity contribution in [1.29, 1.82) is 0 Å². The molecule has 2 aromatic rings. The number of hydrogen-bond acceptors (Lipinski definition) is 7. The van der Waals surface area contributed by atoms with Crippen molar-refractivity contribution in [2.45, 2.75) is 38.2 Å². The van der Waals surface area contributed by atoms with Gasteiger partial charge in [-0.15, -0.1) is 11.3 Å². The monoisotopic (exact) mass is 414 g/mol. The van der Waals surface area contributed by atoms with Gasteiger partial charge in [0.2, 0.25) is 5.91 Å². The number of carbonyl (C=O) groups excluding carboxylic acids is 3.